The molecule has 0 radical (unpaired) electrons. The Kier molecular flexibility index (Phi) is 3.88. The SMILES string of the molecule is Cc1cc(-c2ccccn2)nc(SCC(=O)O)n1. The predicted octanol–water partition coefficient (Wildman–Crippen LogP) is 2.02. The lowest BCUT2D eigenvalue weighted by Gasteiger charge is -2.04. The molecule has 6 heteroatoms. The van der Waals surface area contributed by atoms with Gasteiger partial charge in [-0.15, -0.1) is 0 Å². The summed E-state index contributed by atoms with van der Waals surface area (Å²) in [7, 11) is 0. The monoisotopic (exact) mass is 261 g/mol. The molecular formula is C12H11N3O2S. The van der Waals surface area contributed by atoms with E-state index >= 15 is 0 Å². The van der Waals surface area contributed by atoms with Crippen LogP contribution in [0.5, 0.6) is 0 Å². The topological polar surface area (TPSA) is 76.0 Å². The number of rotatable bonds is 4. The molecule has 0 aliphatic heterocycles. The molecule has 0 fully saturated rings. The van der Waals surface area contributed by atoms with Gasteiger partial charge in [0.25, 0.3) is 0 Å². The van der Waals surface area contributed by atoms with Crippen LogP contribution in [0.25, 0.3) is 11.4 Å². The molecule has 0 saturated heterocycles. The Hall–Kier alpha value is -1.95. The van der Waals surface area contributed by atoms with Gasteiger partial charge in [-0.2, -0.15) is 0 Å². The number of pyridine rings is 1. The largest absolute Gasteiger partial charge is 0.481 e. The summed E-state index contributed by atoms with van der Waals surface area (Å²) in [5, 5.41) is 9.10. The average molecular weight is 261 g/mol. The molecule has 2 heterocycles. The zero-order valence-electron chi connectivity index (χ0n) is 9.70. The lowest BCUT2D eigenvalue weighted by Crippen LogP contribution is -2.01. The molecule has 0 saturated carbocycles. The van der Waals surface area contributed by atoms with Gasteiger partial charge in [-0.1, -0.05) is 17.8 Å². The smallest absolute Gasteiger partial charge is 0.313 e. The molecule has 92 valence electrons. The predicted molar refractivity (Wildman–Crippen MR) is 68.4 cm³/mol. The van der Waals surface area contributed by atoms with Gasteiger partial charge in [0.2, 0.25) is 0 Å². The van der Waals surface area contributed by atoms with Crippen LogP contribution in [0.3, 0.4) is 0 Å². The zero-order chi connectivity index (χ0) is 13.0. The first-order valence-corrected chi connectivity index (χ1v) is 6.25. The number of hydrogen-bond acceptors (Lipinski definition) is 5. The van der Waals surface area contributed by atoms with Crippen molar-refractivity contribution in [3.05, 3.63) is 36.2 Å². The van der Waals surface area contributed by atoms with E-state index in [2.05, 4.69) is 15.0 Å². The summed E-state index contributed by atoms with van der Waals surface area (Å²) >= 11 is 1.10. The van der Waals surface area contributed by atoms with Crippen LogP contribution in [-0.4, -0.2) is 31.8 Å². The van der Waals surface area contributed by atoms with E-state index in [-0.39, 0.29) is 5.75 Å². The van der Waals surface area contributed by atoms with E-state index in [1.807, 2.05) is 31.2 Å². The van der Waals surface area contributed by atoms with Crippen LogP contribution >= 0.6 is 11.8 Å². The molecule has 1 N–H and O–H groups in total. The van der Waals surface area contributed by atoms with E-state index in [9.17, 15) is 4.79 Å². The number of carbonyl (C=O) groups is 1. The minimum absolute atomic E-state index is 0.0505. The Morgan fingerprint density at radius 1 is 1.33 bits per heavy atom. The highest BCUT2D eigenvalue weighted by Crippen LogP contribution is 2.19. The highest BCUT2D eigenvalue weighted by Gasteiger charge is 2.07. The van der Waals surface area contributed by atoms with Crippen molar-refractivity contribution in [2.75, 3.05) is 5.75 Å². The maximum absolute atomic E-state index is 10.5. The van der Waals surface area contributed by atoms with Crippen LogP contribution < -0.4 is 0 Å². The summed E-state index contributed by atoms with van der Waals surface area (Å²) in [5.74, 6) is -0.935. The van der Waals surface area contributed by atoms with Crippen LogP contribution in [0, 0.1) is 6.92 Å². The highest BCUT2D eigenvalue weighted by atomic mass is 32.2. The molecule has 18 heavy (non-hydrogen) atoms. The van der Waals surface area contributed by atoms with Gasteiger partial charge < -0.3 is 5.11 Å². The summed E-state index contributed by atoms with van der Waals surface area (Å²) < 4.78 is 0. The minimum Gasteiger partial charge on any atom is -0.481 e. The van der Waals surface area contributed by atoms with E-state index in [1.165, 1.54) is 0 Å². The van der Waals surface area contributed by atoms with Crippen molar-refractivity contribution >= 4 is 17.7 Å². The summed E-state index contributed by atoms with van der Waals surface area (Å²) in [4.78, 5) is 23.2. The van der Waals surface area contributed by atoms with Gasteiger partial charge in [0.15, 0.2) is 5.16 Å². The van der Waals surface area contributed by atoms with Crippen molar-refractivity contribution in [1.29, 1.82) is 0 Å². The third-order valence-electron chi connectivity index (χ3n) is 2.09. The number of carboxylic acids is 1. The standard InChI is InChI=1S/C12H11N3O2S/c1-8-6-10(9-4-2-3-5-13-9)15-12(14-8)18-7-11(16)17/h2-6H,7H2,1H3,(H,16,17). The third-order valence-corrected chi connectivity index (χ3v) is 2.92. The van der Waals surface area contributed by atoms with Gasteiger partial charge in [0, 0.05) is 11.9 Å². The quantitative estimate of drug-likeness (QED) is 0.670. The van der Waals surface area contributed by atoms with Gasteiger partial charge in [-0.25, -0.2) is 9.97 Å². The number of thioether (sulfide) groups is 1. The van der Waals surface area contributed by atoms with Crippen molar-refractivity contribution in [2.24, 2.45) is 0 Å². The van der Waals surface area contributed by atoms with Crippen molar-refractivity contribution in [1.82, 2.24) is 15.0 Å². The fraction of sp³-hybridized carbons (Fsp3) is 0.167. The first-order chi connectivity index (χ1) is 8.65. The molecule has 0 atom stereocenters. The fourth-order valence-corrected chi connectivity index (χ4v) is 2.00. The Morgan fingerprint density at radius 3 is 2.83 bits per heavy atom. The second-order valence-corrected chi connectivity index (χ2v) is 4.52. The van der Waals surface area contributed by atoms with E-state index in [0.29, 0.717) is 10.9 Å². The molecule has 2 rings (SSSR count). The summed E-state index contributed by atoms with van der Waals surface area (Å²) in [6.07, 6.45) is 1.69. The van der Waals surface area contributed by atoms with Crippen LogP contribution in [-0.2, 0) is 4.79 Å². The molecule has 0 unspecified atom stereocenters. The van der Waals surface area contributed by atoms with Crippen LogP contribution in [0.4, 0.5) is 0 Å². The maximum atomic E-state index is 10.5. The summed E-state index contributed by atoms with van der Waals surface area (Å²) in [6.45, 7) is 1.85. The van der Waals surface area contributed by atoms with E-state index in [4.69, 9.17) is 5.11 Å². The van der Waals surface area contributed by atoms with Gasteiger partial charge in [-0.3, -0.25) is 9.78 Å². The summed E-state index contributed by atoms with van der Waals surface area (Å²) in [5.41, 5.74) is 2.25. The molecule has 2 aromatic heterocycles. The molecule has 0 bridgehead atoms. The van der Waals surface area contributed by atoms with E-state index in [1.54, 1.807) is 6.20 Å². The van der Waals surface area contributed by atoms with Gasteiger partial charge in [-0.05, 0) is 25.1 Å². The van der Waals surface area contributed by atoms with E-state index in [0.717, 1.165) is 23.1 Å². The minimum atomic E-state index is -0.885. The Bertz CT molecular complexity index is 561. The number of hydrogen-bond donors (Lipinski definition) is 1. The fourth-order valence-electron chi connectivity index (χ4n) is 1.38. The summed E-state index contributed by atoms with van der Waals surface area (Å²) in [6, 6.07) is 7.39. The lowest BCUT2D eigenvalue weighted by molar-refractivity contribution is -0.133. The Labute approximate surface area is 108 Å². The highest BCUT2D eigenvalue weighted by molar-refractivity contribution is 7.99. The first kappa shape index (κ1) is 12.5. The van der Waals surface area contributed by atoms with E-state index < -0.39 is 5.97 Å². The van der Waals surface area contributed by atoms with Gasteiger partial charge >= 0.3 is 5.97 Å². The van der Waals surface area contributed by atoms with Crippen LogP contribution in [0.2, 0.25) is 0 Å². The number of aryl methyl sites for hydroxylation is 1. The number of aromatic nitrogens is 3. The number of nitrogens with zero attached hydrogens (tertiary/aromatic N) is 3. The Balaban J connectivity index is 2.29. The second-order valence-electron chi connectivity index (χ2n) is 3.57. The molecule has 0 spiro atoms. The number of carboxylic acid groups (broad SMARTS) is 1. The molecule has 5 nitrogen and oxygen atoms in total. The van der Waals surface area contributed by atoms with Crippen molar-refractivity contribution in [3.63, 3.8) is 0 Å². The number of aliphatic carboxylic acids is 1. The average Bonchev–Trinajstić information content (AvgIpc) is 2.37. The van der Waals surface area contributed by atoms with Crippen molar-refractivity contribution in [3.8, 4) is 11.4 Å². The maximum Gasteiger partial charge on any atom is 0.313 e. The zero-order valence-corrected chi connectivity index (χ0v) is 10.5. The van der Waals surface area contributed by atoms with Gasteiger partial charge in [0.05, 0.1) is 17.1 Å². The molecule has 0 aliphatic rings. The lowest BCUT2D eigenvalue weighted by atomic mass is 10.2. The van der Waals surface area contributed by atoms with Crippen LogP contribution in [0.1, 0.15) is 5.69 Å². The van der Waals surface area contributed by atoms with Crippen LogP contribution in [0.15, 0.2) is 35.6 Å². The Morgan fingerprint density at radius 2 is 2.17 bits per heavy atom. The third kappa shape index (κ3) is 3.27. The molecular weight excluding hydrogens is 250 g/mol. The molecule has 0 aromatic carbocycles. The second kappa shape index (κ2) is 5.59. The van der Waals surface area contributed by atoms with Crippen molar-refractivity contribution < 1.29 is 9.90 Å². The van der Waals surface area contributed by atoms with Gasteiger partial charge in [0.1, 0.15) is 0 Å². The molecule has 0 amide bonds. The molecule has 0 aliphatic carbocycles. The first-order valence-electron chi connectivity index (χ1n) is 5.27. The molecule has 2 aromatic rings. The van der Waals surface area contributed by atoms with Crippen molar-refractivity contribution in [2.45, 2.75) is 12.1 Å². The normalized spacial score (nSPS) is 10.3.